The SMILES string of the molecule is CC(C)c1c(C(=O)Nc2ccccc2)c(-c2ccccc2)c(-c2ccc(F)cc2)n1CC[C@@H](O)C[C@@H](O)CC(=O)NCCSCCNC(=O)OC(C)(C)C. The first-order valence-electron chi connectivity index (χ1n) is 18.3. The number of para-hydroxylation sites is 1. The topological polar surface area (TPSA) is 142 Å². The third kappa shape index (κ3) is 12.7. The number of ether oxygens (including phenoxy) is 1. The Kier molecular flexibility index (Phi) is 15.7. The number of thioether (sulfide) groups is 1. The van der Waals surface area contributed by atoms with E-state index in [1.54, 1.807) is 44.7 Å². The zero-order chi connectivity index (χ0) is 39.3. The molecule has 1 aromatic heterocycles. The molecule has 0 aliphatic rings. The number of amides is 3. The summed E-state index contributed by atoms with van der Waals surface area (Å²) in [6.07, 6.45) is -2.44. The standard InChI is InChI=1S/C42H53FN4O6S/c1-28(2)38-37(40(51)46-32-14-10-7-11-15-32)36(29-12-8-6-9-13-29)39(30-16-18-31(43)19-17-30)47(38)23-20-33(48)26-34(49)27-35(50)44-21-24-54-25-22-45-41(52)53-42(3,4)5/h6-19,28,33-34,48-49H,20-27H2,1-5H3,(H,44,50)(H,45,52)(H,46,51)/t33-,34-/m1/s1. The summed E-state index contributed by atoms with van der Waals surface area (Å²) in [4.78, 5) is 38.5. The highest BCUT2D eigenvalue weighted by Gasteiger charge is 2.31. The molecule has 0 aliphatic heterocycles. The molecule has 0 bridgehead atoms. The van der Waals surface area contributed by atoms with E-state index in [-0.39, 0.29) is 42.8 Å². The van der Waals surface area contributed by atoms with Gasteiger partial charge in [0, 0.05) is 48.1 Å². The lowest BCUT2D eigenvalue weighted by molar-refractivity contribution is -0.123. The fourth-order valence-electron chi connectivity index (χ4n) is 6.19. The molecular formula is C42H53FN4O6S. The summed E-state index contributed by atoms with van der Waals surface area (Å²) in [7, 11) is 0. The van der Waals surface area contributed by atoms with E-state index >= 15 is 0 Å². The predicted octanol–water partition coefficient (Wildman–Crippen LogP) is 7.60. The van der Waals surface area contributed by atoms with Crippen molar-refractivity contribution in [2.24, 2.45) is 0 Å². The highest BCUT2D eigenvalue weighted by molar-refractivity contribution is 7.99. The lowest BCUT2D eigenvalue weighted by Gasteiger charge is -2.20. The third-order valence-corrected chi connectivity index (χ3v) is 9.41. The molecule has 0 spiro atoms. The molecule has 54 heavy (non-hydrogen) atoms. The van der Waals surface area contributed by atoms with Gasteiger partial charge in [0.2, 0.25) is 5.91 Å². The van der Waals surface area contributed by atoms with Crippen molar-refractivity contribution in [2.75, 3.05) is 29.9 Å². The Bertz CT molecular complexity index is 1810. The number of halogens is 1. The van der Waals surface area contributed by atoms with Crippen molar-refractivity contribution in [2.45, 2.75) is 84.2 Å². The van der Waals surface area contributed by atoms with Gasteiger partial charge in [-0.05, 0) is 87.1 Å². The molecule has 0 aliphatic carbocycles. The maximum Gasteiger partial charge on any atom is 0.407 e. The summed E-state index contributed by atoms with van der Waals surface area (Å²) < 4.78 is 21.4. The predicted molar refractivity (Wildman–Crippen MR) is 214 cm³/mol. The highest BCUT2D eigenvalue weighted by Crippen LogP contribution is 2.42. The van der Waals surface area contributed by atoms with Crippen LogP contribution >= 0.6 is 11.8 Å². The van der Waals surface area contributed by atoms with Crippen LogP contribution in [0.4, 0.5) is 14.9 Å². The molecule has 3 amide bonds. The van der Waals surface area contributed by atoms with Crippen LogP contribution in [0.2, 0.25) is 0 Å². The molecule has 10 nitrogen and oxygen atoms in total. The normalized spacial score (nSPS) is 12.6. The van der Waals surface area contributed by atoms with Crippen LogP contribution in [0.3, 0.4) is 0 Å². The monoisotopic (exact) mass is 760 g/mol. The lowest BCUT2D eigenvalue weighted by atomic mass is 9.94. The first-order valence-corrected chi connectivity index (χ1v) is 19.5. The van der Waals surface area contributed by atoms with Gasteiger partial charge < -0.3 is 35.5 Å². The van der Waals surface area contributed by atoms with Crippen LogP contribution in [0.15, 0.2) is 84.9 Å². The Morgan fingerprint density at radius 2 is 1.44 bits per heavy atom. The number of carbonyl (C=O) groups is 3. The van der Waals surface area contributed by atoms with Crippen LogP contribution in [0.5, 0.6) is 0 Å². The first kappa shape index (κ1) is 42.1. The molecule has 12 heteroatoms. The van der Waals surface area contributed by atoms with Crippen LogP contribution < -0.4 is 16.0 Å². The van der Waals surface area contributed by atoms with Gasteiger partial charge in [0.15, 0.2) is 0 Å². The van der Waals surface area contributed by atoms with E-state index in [4.69, 9.17) is 4.74 Å². The Labute approximate surface area is 321 Å². The van der Waals surface area contributed by atoms with Crippen LogP contribution in [0, 0.1) is 5.82 Å². The van der Waals surface area contributed by atoms with Gasteiger partial charge in [-0.1, -0.05) is 62.4 Å². The van der Waals surface area contributed by atoms with E-state index in [1.165, 1.54) is 12.1 Å². The Balaban J connectivity index is 1.46. The van der Waals surface area contributed by atoms with Crippen molar-refractivity contribution in [1.29, 1.82) is 0 Å². The Morgan fingerprint density at radius 3 is 2.06 bits per heavy atom. The second-order valence-electron chi connectivity index (χ2n) is 14.4. The molecule has 290 valence electrons. The Morgan fingerprint density at radius 1 is 0.833 bits per heavy atom. The number of hydrogen-bond acceptors (Lipinski definition) is 7. The van der Waals surface area contributed by atoms with Gasteiger partial charge in [-0.25, -0.2) is 9.18 Å². The molecule has 4 rings (SSSR count). The summed E-state index contributed by atoms with van der Waals surface area (Å²) in [6.45, 7) is 10.5. The van der Waals surface area contributed by atoms with Crippen molar-refractivity contribution in [1.82, 2.24) is 15.2 Å². The zero-order valence-corrected chi connectivity index (χ0v) is 32.5. The van der Waals surface area contributed by atoms with Crippen LogP contribution in [0.25, 0.3) is 22.4 Å². The molecule has 3 aromatic carbocycles. The van der Waals surface area contributed by atoms with Gasteiger partial charge >= 0.3 is 6.09 Å². The molecule has 0 saturated carbocycles. The van der Waals surface area contributed by atoms with E-state index in [2.05, 4.69) is 16.0 Å². The molecular weight excluding hydrogens is 708 g/mol. The summed E-state index contributed by atoms with van der Waals surface area (Å²) in [6, 6.07) is 25.0. The fraction of sp³-hybridized carbons (Fsp3) is 0.405. The molecule has 4 aromatic rings. The van der Waals surface area contributed by atoms with Crippen LogP contribution in [-0.4, -0.2) is 75.1 Å². The molecule has 0 fully saturated rings. The maximum absolute atomic E-state index is 14.3. The number of benzene rings is 3. The smallest absolute Gasteiger partial charge is 0.407 e. The van der Waals surface area contributed by atoms with Gasteiger partial charge in [-0.15, -0.1) is 0 Å². The van der Waals surface area contributed by atoms with Crippen LogP contribution in [0.1, 0.15) is 75.9 Å². The van der Waals surface area contributed by atoms with E-state index in [0.717, 1.165) is 11.3 Å². The van der Waals surface area contributed by atoms with Crippen molar-refractivity contribution >= 4 is 35.4 Å². The minimum atomic E-state index is -1.07. The minimum Gasteiger partial charge on any atom is -0.444 e. The second-order valence-corrected chi connectivity index (χ2v) is 15.6. The summed E-state index contributed by atoms with van der Waals surface area (Å²) >= 11 is 1.56. The number of aliphatic hydroxyl groups is 2. The summed E-state index contributed by atoms with van der Waals surface area (Å²) in [5.41, 5.74) is 4.27. The number of anilines is 1. The summed E-state index contributed by atoms with van der Waals surface area (Å²) in [5, 5.41) is 30.4. The average Bonchev–Trinajstić information content (AvgIpc) is 3.46. The molecule has 1 heterocycles. The second kappa shape index (κ2) is 20.1. The number of hydrogen-bond donors (Lipinski definition) is 5. The molecule has 0 saturated heterocycles. The van der Waals surface area contributed by atoms with Gasteiger partial charge in [0.05, 0.1) is 29.9 Å². The number of nitrogens with zero attached hydrogens (tertiary/aromatic N) is 1. The zero-order valence-electron chi connectivity index (χ0n) is 31.7. The van der Waals surface area contributed by atoms with Gasteiger partial charge in [0.25, 0.3) is 5.91 Å². The van der Waals surface area contributed by atoms with E-state index in [0.29, 0.717) is 59.2 Å². The molecule has 0 unspecified atom stereocenters. The number of carbonyl (C=O) groups excluding carboxylic acids is 3. The van der Waals surface area contributed by atoms with Crippen LogP contribution in [-0.2, 0) is 16.1 Å². The number of nitrogens with one attached hydrogen (secondary N) is 3. The molecule has 2 atom stereocenters. The van der Waals surface area contributed by atoms with E-state index in [1.807, 2.05) is 79.1 Å². The van der Waals surface area contributed by atoms with Crippen molar-refractivity contribution in [3.8, 4) is 22.4 Å². The summed E-state index contributed by atoms with van der Waals surface area (Å²) in [5.74, 6) is 0.160. The molecule has 0 radical (unpaired) electrons. The maximum atomic E-state index is 14.3. The minimum absolute atomic E-state index is 0.0183. The molecule has 5 N–H and O–H groups in total. The quantitative estimate of drug-likeness (QED) is 0.0658. The van der Waals surface area contributed by atoms with Gasteiger partial charge in [-0.2, -0.15) is 11.8 Å². The number of alkyl carbamates (subject to hydrolysis) is 1. The number of aliphatic hydroxyl groups excluding tert-OH is 2. The number of rotatable bonds is 18. The van der Waals surface area contributed by atoms with Crippen molar-refractivity contribution in [3.63, 3.8) is 0 Å². The lowest BCUT2D eigenvalue weighted by Crippen LogP contribution is -2.34. The van der Waals surface area contributed by atoms with Gasteiger partial charge in [0.1, 0.15) is 11.4 Å². The third-order valence-electron chi connectivity index (χ3n) is 8.42. The number of aromatic nitrogens is 1. The van der Waals surface area contributed by atoms with Crippen molar-refractivity contribution < 1.29 is 33.7 Å². The highest BCUT2D eigenvalue weighted by atomic mass is 32.2. The van der Waals surface area contributed by atoms with Gasteiger partial charge in [-0.3, -0.25) is 9.59 Å². The largest absolute Gasteiger partial charge is 0.444 e. The Hall–Kier alpha value is -4.65. The fourth-order valence-corrected chi connectivity index (χ4v) is 6.89. The van der Waals surface area contributed by atoms with E-state index < -0.39 is 23.9 Å². The average molecular weight is 761 g/mol. The van der Waals surface area contributed by atoms with E-state index in [9.17, 15) is 29.0 Å². The van der Waals surface area contributed by atoms with Crippen molar-refractivity contribution in [3.05, 3.63) is 102 Å². The first-order chi connectivity index (χ1) is 25.7.